The van der Waals surface area contributed by atoms with Gasteiger partial charge in [-0.25, -0.2) is 0 Å². The number of hydrogen-bond donors (Lipinski definition) is 0. The topological polar surface area (TPSA) is 3.24 Å². The van der Waals surface area contributed by atoms with Crippen LogP contribution in [0.25, 0.3) is 0 Å². The van der Waals surface area contributed by atoms with E-state index in [9.17, 15) is 0 Å². The molecule has 114 valence electrons. The molecule has 0 amide bonds. The maximum Gasteiger partial charge on any atom is 0.0170 e. The first-order valence-electron chi connectivity index (χ1n) is 8.57. The average Bonchev–Trinajstić information content (AvgIpc) is 2.79. The van der Waals surface area contributed by atoms with Crippen LogP contribution in [-0.2, 0) is 0 Å². The van der Waals surface area contributed by atoms with Gasteiger partial charge in [0.15, 0.2) is 0 Å². The summed E-state index contributed by atoms with van der Waals surface area (Å²) in [6, 6.07) is 21.9. The van der Waals surface area contributed by atoms with Crippen molar-refractivity contribution in [3.05, 3.63) is 71.3 Å². The van der Waals surface area contributed by atoms with E-state index in [1.165, 1.54) is 36.0 Å². The molecule has 2 aromatic carbocycles. The fraction of sp³-hybridized carbons (Fsp3) is 0.429. The number of fused-ring (bicyclic) bond motifs is 2. The summed E-state index contributed by atoms with van der Waals surface area (Å²) in [7, 11) is 2.34. The summed E-state index contributed by atoms with van der Waals surface area (Å²) < 4.78 is 0. The van der Waals surface area contributed by atoms with Crippen LogP contribution in [0.3, 0.4) is 0 Å². The second-order valence-corrected chi connectivity index (χ2v) is 7.15. The zero-order valence-corrected chi connectivity index (χ0v) is 13.6. The van der Waals surface area contributed by atoms with Gasteiger partial charge < -0.3 is 0 Å². The van der Waals surface area contributed by atoms with Crippen molar-refractivity contribution in [3.63, 3.8) is 0 Å². The average molecular weight is 291 g/mol. The van der Waals surface area contributed by atoms with Crippen LogP contribution in [-0.4, -0.2) is 24.0 Å². The molecule has 2 saturated heterocycles. The van der Waals surface area contributed by atoms with Gasteiger partial charge in [0.2, 0.25) is 0 Å². The summed E-state index contributed by atoms with van der Waals surface area (Å²) in [5, 5.41) is 0. The maximum absolute atomic E-state index is 2.66. The number of hydrogen-bond acceptors (Lipinski definition) is 1. The van der Waals surface area contributed by atoms with Gasteiger partial charge in [-0.2, -0.15) is 0 Å². The molecule has 2 aliphatic rings. The third kappa shape index (κ3) is 2.28. The lowest BCUT2D eigenvalue weighted by molar-refractivity contribution is 0.137. The van der Waals surface area contributed by atoms with Gasteiger partial charge in [0.05, 0.1) is 0 Å². The number of benzene rings is 2. The summed E-state index contributed by atoms with van der Waals surface area (Å²) in [5.74, 6) is 1.30. The van der Waals surface area contributed by atoms with E-state index in [1.54, 1.807) is 0 Å². The zero-order valence-electron chi connectivity index (χ0n) is 13.6. The number of piperidine rings is 1. The summed E-state index contributed by atoms with van der Waals surface area (Å²) in [6.07, 6.45) is 4.02. The smallest absolute Gasteiger partial charge is 0.0170 e. The molecule has 1 heteroatoms. The maximum atomic E-state index is 2.66. The molecule has 2 aliphatic heterocycles. The molecule has 22 heavy (non-hydrogen) atoms. The number of rotatable bonds is 2. The molecule has 4 rings (SSSR count). The van der Waals surface area contributed by atoms with Crippen molar-refractivity contribution in [2.24, 2.45) is 0 Å². The Morgan fingerprint density at radius 3 is 2.32 bits per heavy atom. The van der Waals surface area contributed by atoms with Crippen molar-refractivity contribution < 1.29 is 0 Å². The van der Waals surface area contributed by atoms with Gasteiger partial charge in [0.1, 0.15) is 0 Å². The third-order valence-electron chi connectivity index (χ3n) is 5.96. The summed E-state index contributed by atoms with van der Waals surface area (Å²) in [4.78, 5) is 2.66. The van der Waals surface area contributed by atoms with E-state index in [0.717, 1.165) is 6.04 Å². The lowest BCUT2D eigenvalue weighted by Crippen LogP contribution is -2.44. The van der Waals surface area contributed by atoms with E-state index in [1.807, 2.05) is 0 Å². The van der Waals surface area contributed by atoms with E-state index in [2.05, 4.69) is 73.5 Å². The second-order valence-electron chi connectivity index (χ2n) is 7.15. The van der Waals surface area contributed by atoms with Gasteiger partial charge in [-0.05, 0) is 50.3 Å². The summed E-state index contributed by atoms with van der Waals surface area (Å²) in [6.45, 7) is 2.18. The molecule has 0 N–H and O–H groups in total. The summed E-state index contributed by atoms with van der Waals surface area (Å²) in [5.41, 5.74) is 4.41. The highest BCUT2D eigenvalue weighted by molar-refractivity contribution is 5.34. The number of likely N-dealkylation sites (N-methyl/N-ethyl adjacent to an activating group) is 1. The van der Waals surface area contributed by atoms with Crippen LogP contribution < -0.4 is 0 Å². The predicted molar refractivity (Wildman–Crippen MR) is 92.3 cm³/mol. The van der Waals surface area contributed by atoms with Gasteiger partial charge >= 0.3 is 0 Å². The zero-order chi connectivity index (χ0) is 15.1. The molecule has 0 unspecified atom stereocenters. The fourth-order valence-corrected chi connectivity index (χ4v) is 4.75. The third-order valence-corrected chi connectivity index (χ3v) is 5.96. The molecule has 2 bridgehead atoms. The van der Waals surface area contributed by atoms with Crippen LogP contribution in [0.4, 0.5) is 0 Å². The van der Waals surface area contributed by atoms with Gasteiger partial charge in [0.25, 0.3) is 0 Å². The van der Waals surface area contributed by atoms with Gasteiger partial charge in [-0.3, -0.25) is 4.90 Å². The molecular weight excluding hydrogens is 266 g/mol. The Morgan fingerprint density at radius 1 is 0.864 bits per heavy atom. The minimum atomic E-state index is 0.632. The van der Waals surface area contributed by atoms with Crippen LogP contribution in [0.2, 0.25) is 0 Å². The number of nitrogens with zero attached hydrogens (tertiary/aromatic N) is 1. The first-order chi connectivity index (χ1) is 10.7. The number of aryl methyl sites for hydroxylation is 1. The first kappa shape index (κ1) is 14.0. The van der Waals surface area contributed by atoms with E-state index in [0.29, 0.717) is 17.9 Å². The van der Waals surface area contributed by atoms with Crippen LogP contribution in [0.5, 0.6) is 0 Å². The Hall–Kier alpha value is -1.60. The fourth-order valence-electron chi connectivity index (χ4n) is 4.75. The van der Waals surface area contributed by atoms with Gasteiger partial charge in [0, 0.05) is 18.0 Å². The Labute approximate surface area is 134 Å². The highest BCUT2D eigenvalue weighted by atomic mass is 15.2. The van der Waals surface area contributed by atoms with E-state index in [4.69, 9.17) is 0 Å². The quantitative estimate of drug-likeness (QED) is 0.773. The monoisotopic (exact) mass is 291 g/mol. The van der Waals surface area contributed by atoms with Gasteiger partial charge in [-0.15, -0.1) is 0 Å². The summed E-state index contributed by atoms with van der Waals surface area (Å²) >= 11 is 0. The highest BCUT2D eigenvalue weighted by Gasteiger charge is 2.46. The molecule has 2 fully saturated rings. The molecule has 1 nitrogen and oxygen atoms in total. The van der Waals surface area contributed by atoms with Crippen LogP contribution >= 0.6 is 0 Å². The molecule has 2 aromatic rings. The van der Waals surface area contributed by atoms with Crippen molar-refractivity contribution >= 4 is 0 Å². The van der Waals surface area contributed by atoms with Crippen molar-refractivity contribution in [1.29, 1.82) is 0 Å². The molecule has 0 radical (unpaired) electrons. The Balaban J connectivity index is 1.76. The van der Waals surface area contributed by atoms with E-state index in [-0.39, 0.29) is 0 Å². The van der Waals surface area contributed by atoms with Gasteiger partial charge in [-0.1, -0.05) is 60.2 Å². The van der Waals surface area contributed by atoms with Crippen molar-refractivity contribution in [1.82, 2.24) is 4.90 Å². The van der Waals surface area contributed by atoms with E-state index >= 15 is 0 Å². The minimum absolute atomic E-state index is 0.632. The van der Waals surface area contributed by atoms with Crippen molar-refractivity contribution in [2.45, 2.75) is 50.1 Å². The molecule has 4 atom stereocenters. The Kier molecular flexibility index (Phi) is 3.54. The normalized spacial score (nSPS) is 31.4. The Bertz CT molecular complexity index is 631. The molecule has 0 spiro atoms. The first-order valence-corrected chi connectivity index (χ1v) is 8.57. The lowest BCUT2D eigenvalue weighted by Gasteiger charge is -2.43. The minimum Gasteiger partial charge on any atom is -0.300 e. The van der Waals surface area contributed by atoms with Crippen LogP contribution in [0.15, 0.2) is 54.6 Å². The van der Waals surface area contributed by atoms with Crippen molar-refractivity contribution in [2.75, 3.05) is 7.05 Å². The Morgan fingerprint density at radius 2 is 1.59 bits per heavy atom. The SMILES string of the molecule is Cc1ccc([C@H]2C[C@@H]3CC[C@H]([C@H]2c2ccccc2)N3C)cc1. The largest absolute Gasteiger partial charge is 0.300 e. The molecular formula is C21H25N. The van der Waals surface area contributed by atoms with E-state index < -0.39 is 0 Å². The predicted octanol–water partition coefficient (Wildman–Crippen LogP) is 4.73. The molecule has 2 heterocycles. The highest BCUT2D eigenvalue weighted by Crippen LogP contribution is 2.50. The molecule has 0 saturated carbocycles. The molecule has 0 aliphatic carbocycles. The second kappa shape index (κ2) is 5.55. The lowest BCUT2D eigenvalue weighted by atomic mass is 9.73. The van der Waals surface area contributed by atoms with Crippen LogP contribution in [0, 0.1) is 6.92 Å². The molecule has 0 aromatic heterocycles. The van der Waals surface area contributed by atoms with Crippen LogP contribution in [0.1, 0.15) is 47.8 Å². The standard InChI is InChI=1S/C21H25N/c1-15-8-10-16(11-9-15)19-14-18-12-13-20(22(18)2)21(19)17-6-4-3-5-7-17/h3-11,18-21H,12-14H2,1-2H3/t18-,19+,20+,21-/m0/s1. The van der Waals surface area contributed by atoms with Crippen molar-refractivity contribution in [3.8, 4) is 0 Å².